The Balaban J connectivity index is 0.00000364. The molecular weight excluding hydrogens is 395 g/mol. The fraction of sp³-hybridized carbons (Fsp3) is 0.455. The average Bonchev–Trinajstić information content (AvgIpc) is 2.67. The minimum absolute atomic E-state index is 0. The largest absolute Gasteiger partial charge is 0.493 e. The molecule has 0 aliphatic carbocycles. The lowest BCUT2D eigenvalue weighted by Crippen LogP contribution is -2.31. The van der Waals surface area contributed by atoms with Crippen LogP contribution in [0.2, 0.25) is 0 Å². The molecule has 0 heterocycles. The van der Waals surface area contributed by atoms with E-state index in [4.69, 9.17) is 9.47 Å². The van der Waals surface area contributed by atoms with Crippen LogP contribution in [0, 0.1) is 6.92 Å². The lowest BCUT2D eigenvalue weighted by atomic mass is 10.1. The molecular formula is C22H34Cl2N2O2. The number of nitrogens with zero attached hydrogens (tertiary/aromatic N) is 1. The van der Waals surface area contributed by atoms with Gasteiger partial charge < -0.3 is 19.7 Å². The maximum Gasteiger partial charge on any atom is 0.161 e. The fourth-order valence-electron chi connectivity index (χ4n) is 2.91. The van der Waals surface area contributed by atoms with Crippen LogP contribution in [0.4, 0.5) is 0 Å². The second-order valence-electron chi connectivity index (χ2n) is 6.47. The highest BCUT2D eigenvalue weighted by Gasteiger charge is 2.07. The summed E-state index contributed by atoms with van der Waals surface area (Å²) in [6.07, 6.45) is 0. The maximum atomic E-state index is 5.96. The number of benzene rings is 2. The third kappa shape index (κ3) is 8.70. The van der Waals surface area contributed by atoms with Crippen molar-refractivity contribution < 1.29 is 9.47 Å². The van der Waals surface area contributed by atoms with Crippen LogP contribution in [-0.2, 0) is 13.2 Å². The predicted octanol–water partition coefficient (Wildman–Crippen LogP) is 4.86. The molecule has 0 saturated heterocycles. The topological polar surface area (TPSA) is 33.7 Å². The first-order valence-corrected chi connectivity index (χ1v) is 9.44. The van der Waals surface area contributed by atoms with Gasteiger partial charge in [0.25, 0.3) is 0 Å². The first-order chi connectivity index (χ1) is 12.7. The summed E-state index contributed by atoms with van der Waals surface area (Å²) >= 11 is 0. The number of hydrogen-bond donors (Lipinski definition) is 1. The van der Waals surface area contributed by atoms with E-state index in [9.17, 15) is 0 Å². The van der Waals surface area contributed by atoms with Gasteiger partial charge in [0, 0.05) is 19.6 Å². The Kier molecular flexibility index (Phi) is 13.8. The monoisotopic (exact) mass is 428 g/mol. The summed E-state index contributed by atoms with van der Waals surface area (Å²) < 4.78 is 11.5. The maximum absolute atomic E-state index is 5.96. The smallest absolute Gasteiger partial charge is 0.161 e. The van der Waals surface area contributed by atoms with E-state index >= 15 is 0 Å². The van der Waals surface area contributed by atoms with E-state index in [1.807, 2.05) is 6.07 Å². The second kappa shape index (κ2) is 14.5. The minimum atomic E-state index is 0. The summed E-state index contributed by atoms with van der Waals surface area (Å²) in [5.74, 6) is 1.56. The quantitative estimate of drug-likeness (QED) is 0.518. The molecule has 4 nitrogen and oxygen atoms in total. The van der Waals surface area contributed by atoms with Crippen molar-refractivity contribution in [2.24, 2.45) is 0 Å². The molecule has 28 heavy (non-hydrogen) atoms. The van der Waals surface area contributed by atoms with Crippen molar-refractivity contribution in [2.75, 3.05) is 33.3 Å². The molecule has 0 bridgehead atoms. The molecule has 2 aromatic rings. The van der Waals surface area contributed by atoms with Gasteiger partial charge in [0.15, 0.2) is 11.5 Å². The zero-order valence-corrected chi connectivity index (χ0v) is 19.0. The summed E-state index contributed by atoms with van der Waals surface area (Å²) in [6.45, 7) is 12.1. The highest BCUT2D eigenvalue weighted by Crippen LogP contribution is 2.28. The van der Waals surface area contributed by atoms with Gasteiger partial charge >= 0.3 is 0 Å². The Morgan fingerprint density at radius 2 is 1.68 bits per heavy atom. The highest BCUT2D eigenvalue weighted by molar-refractivity contribution is 5.85. The Morgan fingerprint density at radius 1 is 0.929 bits per heavy atom. The molecule has 0 spiro atoms. The van der Waals surface area contributed by atoms with Crippen molar-refractivity contribution in [3.63, 3.8) is 0 Å². The van der Waals surface area contributed by atoms with Crippen LogP contribution in [0.5, 0.6) is 11.5 Å². The van der Waals surface area contributed by atoms with Crippen molar-refractivity contribution in [1.29, 1.82) is 0 Å². The predicted molar refractivity (Wildman–Crippen MR) is 122 cm³/mol. The van der Waals surface area contributed by atoms with Crippen molar-refractivity contribution >= 4 is 24.8 Å². The van der Waals surface area contributed by atoms with E-state index in [0.29, 0.717) is 6.61 Å². The van der Waals surface area contributed by atoms with Crippen LogP contribution in [0.15, 0.2) is 42.5 Å². The number of ether oxygens (including phenoxy) is 2. The summed E-state index contributed by atoms with van der Waals surface area (Å²) in [5, 5.41) is 3.50. The van der Waals surface area contributed by atoms with Crippen LogP contribution in [0.3, 0.4) is 0 Å². The van der Waals surface area contributed by atoms with E-state index in [2.05, 4.69) is 67.4 Å². The Labute approximate surface area is 182 Å². The van der Waals surface area contributed by atoms with Gasteiger partial charge in [-0.15, -0.1) is 24.8 Å². The molecule has 0 aliphatic heterocycles. The molecule has 0 amide bonds. The summed E-state index contributed by atoms with van der Waals surface area (Å²) in [4.78, 5) is 2.41. The van der Waals surface area contributed by atoms with Crippen LogP contribution in [0.25, 0.3) is 0 Å². The third-order valence-corrected chi connectivity index (χ3v) is 4.53. The van der Waals surface area contributed by atoms with Crippen LogP contribution in [-0.4, -0.2) is 38.2 Å². The van der Waals surface area contributed by atoms with E-state index in [-0.39, 0.29) is 24.8 Å². The van der Waals surface area contributed by atoms with Gasteiger partial charge in [-0.2, -0.15) is 0 Å². The van der Waals surface area contributed by atoms with Gasteiger partial charge in [0.1, 0.15) is 6.61 Å². The normalized spacial score (nSPS) is 10.2. The molecule has 1 N–H and O–H groups in total. The van der Waals surface area contributed by atoms with Crippen LogP contribution in [0.1, 0.15) is 30.5 Å². The number of rotatable bonds is 11. The highest BCUT2D eigenvalue weighted by atomic mass is 35.5. The molecule has 0 saturated carbocycles. The van der Waals surface area contributed by atoms with E-state index in [0.717, 1.165) is 49.8 Å². The molecule has 2 aromatic carbocycles. The molecule has 0 fully saturated rings. The second-order valence-corrected chi connectivity index (χ2v) is 6.47. The van der Waals surface area contributed by atoms with Crippen molar-refractivity contribution in [2.45, 2.75) is 33.9 Å². The standard InChI is InChI=1S/C22H32N2O2.2ClH/c1-5-24(6-2)13-12-23-16-19-10-11-21(22(15-19)25-4)26-17-20-9-7-8-18(3)14-20;;/h7-11,14-15,23H,5-6,12-13,16-17H2,1-4H3;2*1H. The number of aryl methyl sites for hydroxylation is 1. The first-order valence-electron chi connectivity index (χ1n) is 9.44. The molecule has 2 rings (SSSR count). The number of halogens is 2. The van der Waals surface area contributed by atoms with Crippen LogP contribution < -0.4 is 14.8 Å². The van der Waals surface area contributed by atoms with Gasteiger partial charge in [-0.1, -0.05) is 49.7 Å². The third-order valence-electron chi connectivity index (χ3n) is 4.53. The lowest BCUT2D eigenvalue weighted by molar-refractivity contribution is 0.284. The molecule has 0 radical (unpaired) electrons. The van der Waals surface area contributed by atoms with E-state index in [1.54, 1.807) is 7.11 Å². The van der Waals surface area contributed by atoms with Crippen molar-refractivity contribution in [1.82, 2.24) is 10.2 Å². The minimum Gasteiger partial charge on any atom is -0.493 e. The molecule has 0 unspecified atom stereocenters. The summed E-state index contributed by atoms with van der Waals surface area (Å²) in [6, 6.07) is 14.5. The average molecular weight is 429 g/mol. The Hall–Kier alpha value is -1.46. The van der Waals surface area contributed by atoms with Gasteiger partial charge in [-0.3, -0.25) is 0 Å². The summed E-state index contributed by atoms with van der Waals surface area (Å²) in [5.41, 5.74) is 3.60. The summed E-state index contributed by atoms with van der Waals surface area (Å²) in [7, 11) is 1.69. The fourth-order valence-corrected chi connectivity index (χ4v) is 2.91. The van der Waals surface area contributed by atoms with E-state index in [1.165, 1.54) is 11.1 Å². The lowest BCUT2D eigenvalue weighted by Gasteiger charge is -2.18. The van der Waals surface area contributed by atoms with Gasteiger partial charge in [-0.25, -0.2) is 0 Å². The Morgan fingerprint density at radius 3 is 2.32 bits per heavy atom. The SMILES string of the molecule is CCN(CC)CCNCc1ccc(OCc2cccc(C)c2)c(OC)c1.Cl.Cl. The molecule has 0 aromatic heterocycles. The van der Waals surface area contributed by atoms with E-state index < -0.39 is 0 Å². The number of likely N-dealkylation sites (N-methyl/N-ethyl adjacent to an activating group) is 1. The number of methoxy groups -OCH3 is 1. The molecule has 158 valence electrons. The molecule has 6 heteroatoms. The molecule has 0 atom stereocenters. The first kappa shape index (κ1) is 26.5. The van der Waals surface area contributed by atoms with Gasteiger partial charge in [-0.05, 0) is 43.3 Å². The van der Waals surface area contributed by atoms with Gasteiger partial charge in [0.05, 0.1) is 7.11 Å². The van der Waals surface area contributed by atoms with Crippen molar-refractivity contribution in [3.05, 3.63) is 59.2 Å². The zero-order chi connectivity index (χ0) is 18.8. The number of hydrogen-bond acceptors (Lipinski definition) is 4. The Bertz CT molecular complexity index is 679. The van der Waals surface area contributed by atoms with Crippen LogP contribution >= 0.6 is 24.8 Å². The number of nitrogens with one attached hydrogen (secondary N) is 1. The zero-order valence-electron chi connectivity index (χ0n) is 17.4. The molecule has 0 aliphatic rings. The van der Waals surface area contributed by atoms with Crippen molar-refractivity contribution in [3.8, 4) is 11.5 Å². The van der Waals surface area contributed by atoms with Gasteiger partial charge in [0.2, 0.25) is 0 Å².